The van der Waals surface area contributed by atoms with Crippen molar-refractivity contribution < 1.29 is 14.3 Å². The van der Waals surface area contributed by atoms with Crippen LogP contribution in [0.2, 0.25) is 0 Å². The molecule has 6 nitrogen and oxygen atoms in total. The first-order valence-corrected chi connectivity index (χ1v) is 8.48. The van der Waals surface area contributed by atoms with Crippen molar-refractivity contribution in [2.45, 2.75) is 19.3 Å². The van der Waals surface area contributed by atoms with Crippen molar-refractivity contribution >= 4 is 33.7 Å². The average molecular weight is 337 g/mol. The van der Waals surface area contributed by atoms with E-state index in [4.69, 9.17) is 4.74 Å². The second-order valence-corrected chi connectivity index (χ2v) is 6.29. The van der Waals surface area contributed by atoms with Crippen LogP contribution in [0.5, 0.6) is 0 Å². The first kappa shape index (κ1) is 15.6. The number of benzene rings is 1. The summed E-state index contributed by atoms with van der Waals surface area (Å²) in [5, 5.41) is 1.77. The SMILES string of the molecule is COC(=O)c1cc2c([nH]c3ccccc32)c(C(=O)N2CCCCC2)n1. The van der Waals surface area contributed by atoms with E-state index < -0.39 is 5.97 Å². The van der Waals surface area contributed by atoms with Crippen LogP contribution >= 0.6 is 0 Å². The first-order valence-electron chi connectivity index (χ1n) is 8.48. The van der Waals surface area contributed by atoms with Crippen LogP contribution in [0.3, 0.4) is 0 Å². The van der Waals surface area contributed by atoms with Crippen molar-refractivity contribution in [2.24, 2.45) is 0 Å². The van der Waals surface area contributed by atoms with E-state index in [1.807, 2.05) is 29.2 Å². The molecule has 0 radical (unpaired) electrons. The number of aromatic nitrogens is 2. The number of hydrogen-bond donors (Lipinski definition) is 1. The number of methoxy groups -OCH3 is 1. The summed E-state index contributed by atoms with van der Waals surface area (Å²) in [6.07, 6.45) is 3.14. The Morgan fingerprint density at radius 1 is 1.12 bits per heavy atom. The number of pyridine rings is 1. The maximum atomic E-state index is 13.0. The number of H-pyrrole nitrogens is 1. The van der Waals surface area contributed by atoms with Gasteiger partial charge in [-0.2, -0.15) is 0 Å². The minimum atomic E-state index is -0.542. The average Bonchev–Trinajstić information content (AvgIpc) is 3.05. The van der Waals surface area contributed by atoms with Crippen LogP contribution in [0.25, 0.3) is 21.8 Å². The molecule has 3 aromatic rings. The Bertz CT molecular complexity index is 971. The minimum Gasteiger partial charge on any atom is -0.464 e. The molecule has 0 saturated carbocycles. The Balaban J connectivity index is 1.94. The van der Waals surface area contributed by atoms with E-state index in [1.54, 1.807) is 6.07 Å². The van der Waals surface area contributed by atoms with Crippen molar-refractivity contribution in [3.63, 3.8) is 0 Å². The van der Waals surface area contributed by atoms with Gasteiger partial charge in [0.2, 0.25) is 0 Å². The lowest BCUT2D eigenvalue weighted by Gasteiger charge is -2.26. The standard InChI is InChI=1S/C19H19N3O3/c1-25-19(24)15-11-13-12-7-3-4-8-14(12)20-16(13)17(21-15)18(23)22-9-5-2-6-10-22/h3-4,7-8,11,20H,2,5-6,9-10H2,1H3. The summed E-state index contributed by atoms with van der Waals surface area (Å²) in [6, 6.07) is 9.46. The molecular weight excluding hydrogens is 318 g/mol. The molecule has 6 heteroatoms. The van der Waals surface area contributed by atoms with Gasteiger partial charge in [-0.15, -0.1) is 0 Å². The number of carbonyl (C=O) groups is 2. The van der Waals surface area contributed by atoms with Gasteiger partial charge in [-0.25, -0.2) is 9.78 Å². The van der Waals surface area contributed by atoms with E-state index >= 15 is 0 Å². The van der Waals surface area contributed by atoms with Crippen LogP contribution in [-0.4, -0.2) is 46.9 Å². The number of rotatable bonds is 2. The second kappa shape index (κ2) is 6.20. The highest BCUT2D eigenvalue weighted by molar-refractivity contribution is 6.15. The predicted octanol–water partition coefficient (Wildman–Crippen LogP) is 3.13. The molecule has 1 N–H and O–H groups in total. The van der Waals surface area contributed by atoms with Crippen LogP contribution in [0.1, 0.15) is 40.2 Å². The Morgan fingerprint density at radius 2 is 1.88 bits per heavy atom. The van der Waals surface area contributed by atoms with Gasteiger partial charge in [0.1, 0.15) is 5.69 Å². The maximum absolute atomic E-state index is 13.0. The monoisotopic (exact) mass is 337 g/mol. The number of likely N-dealkylation sites (tertiary alicyclic amines) is 1. The van der Waals surface area contributed by atoms with E-state index in [9.17, 15) is 9.59 Å². The number of nitrogens with one attached hydrogen (secondary N) is 1. The third kappa shape index (κ3) is 2.63. The lowest BCUT2D eigenvalue weighted by atomic mass is 10.1. The van der Waals surface area contributed by atoms with Crippen molar-refractivity contribution in [2.75, 3.05) is 20.2 Å². The fourth-order valence-electron chi connectivity index (χ4n) is 3.46. The van der Waals surface area contributed by atoms with Crippen LogP contribution in [0.4, 0.5) is 0 Å². The van der Waals surface area contributed by atoms with Crippen LogP contribution in [0, 0.1) is 0 Å². The number of ether oxygens (including phenoxy) is 1. The Morgan fingerprint density at radius 3 is 2.64 bits per heavy atom. The summed E-state index contributed by atoms with van der Waals surface area (Å²) in [5.74, 6) is -0.679. The highest BCUT2D eigenvalue weighted by Gasteiger charge is 2.25. The van der Waals surface area contributed by atoms with Crippen molar-refractivity contribution in [1.82, 2.24) is 14.9 Å². The van der Waals surface area contributed by atoms with Crippen LogP contribution < -0.4 is 0 Å². The molecule has 1 amide bonds. The molecule has 1 aromatic carbocycles. The van der Waals surface area contributed by atoms with Gasteiger partial charge in [0.25, 0.3) is 5.91 Å². The normalized spacial score (nSPS) is 14.8. The molecule has 4 rings (SSSR count). The molecule has 0 unspecified atom stereocenters. The third-order valence-corrected chi connectivity index (χ3v) is 4.74. The van der Waals surface area contributed by atoms with E-state index in [-0.39, 0.29) is 17.3 Å². The number of nitrogens with zero attached hydrogens (tertiary/aromatic N) is 2. The zero-order chi connectivity index (χ0) is 17.4. The minimum absolute atomic E-state index is 0.137. The maximum Gasteiger partial charge on any atom is 0.356 e. The van der Waals surface area contributed by atoms with Crippen LogP contribution in [-0.2, 0) is 4.74 Å². The van der Waals surface area contributed by atoms with Gasteiger partial charge >= 0.3 is 5.97 Å². The van der Waals surface area contributed by atoms with Gasteiger partial charge in [-0.3, -0.25) is 4.79 Å². The van der Waals surface area contributed by atoms with Gasteiger partial charge in [-0.05, 0) is 31.4 Å². The largest absolute Gasteiger partial charge is 0.464 e. The number of carbonyl (C=O) groups excluding carboxylic acids is 2. The molecular formula is C19H19N3O3. The molecule has 1 fully saturated rings. The van der Waals surface area contributed by atoms with Gasteiger partial charge in [0.15, 0.2) is 5.69 Å². The number of fused-ring (bicyclic) bond motifs is 3. The van der Waals surface area contributed by atoms with E-state index in [0.29, 0.717) is 5.52 Å². The zero-order valence-corrected chi connectivity index (χ0v) is 14.0. The Hall–Kier alpha value is -2.89. The zero-order valence-electron chi connectivity index (χ0n) is 14.0. The van der Waals surface area contributed by atoms with Crippen molar-refractivity contribution in [1.29, 1.82) is 0 Å². The molecule has 1 aliphatic rings. The number of piperidine rings is 1. The van der Waals surface area contributed by atoms with Gasteiger partial charge in [0, 0.05) is 29.4 Å². The summed E-state index contributed by atoms with van der Waals surface area (Å²) in [5.41, 5.74) is 2.02. The van der Waals surface area contributed by atoms with E-state index in [0.717, 1.165) is 48.6 Å². The number of hydrogen-bond acceptors (Lipinski definition) is 4. The summed E-state index contributed by atoms with van der Waals surface area (Å²) >= 11 is 0. The molecule has 3 heterocycles. The number of esters is 1. The molecule has 0 bridgehead atoms. The van der Waals surface area contributed by atoms with Gasteiger partial charge < -0.3 is 14.6 Å². The lowest BCUT2D eigenvalue weighted by Crippen LogP contribution is -2.36. The summed E-state index contributed by atoms with van der Waals surface area (Å²) in [4.78, 5) is 34.5. The second-order valence-electron chi connectivity index (χ2n) is 6.29. The fraction of sp³-hybridized carbons (Fsp3) is 0.316. The molecule has 0 spiro atoms. The van der Waals surface area contributed by atoms with Gasteiger partial charge in [0.05, 0.1) is 12.6 Å². The Labute approximate surface area is 144 Å². The molecule has 128 valence electrons. The molecule has 1 saturated heterocycles. The van der Waals surface area contributed by atoms with Crippen LogP contribution in [0.15, 0.2) is 30.3 Å². The smallest absolute Gasteiger partial charge is 0.356 e. The van der Waals surface area contributed by atoms with E-state index in [1.165, 1.54) is 7.11 Å². The summed E-state index contributed by atoms with van der Waals surface area (Å²) in [7, 11) is 1.32. The lowest BCUT2D eigenvalue weighted by molar-refractivity contribution is 0.0594. The van der Waals surface area contributed by atoms with Gasteiger partial charge in [-0.1, -0.05) is 18.2 Å². The topological polar surface area (TPSA) is 75.3 Å². The highest BCUT2D eigenvalue weighted by Crippen LogP contribution is 2.29. The molecule has 0 atom stereocenters. The number of para-hydroxylation sites is 1. The quantitative estimate of drug-likeness (QED) is 0.729. The molecule has 25 heavy (non-hydrogen) atoms. The fourth-order valence-corrected chi connectivity index (χ4v) is 3.46. The summed E-state index contributed by atoms with van der Waals surface area (Å²) in [6.45, 7) is 1.45. The van der Waals surface area contributed by atoms with Crippen molar-refractivity contribution in [3.8, 4) is 0 Å². The predicted molar refractivity (Wildman–Crippen MR) is 94.7 cm³/mol. The highest BCUT2D eigenvalue weighted by atomic mass is 16.5. The molecule has 1 aliphatic heterocycles. The van der Waals surface area contributed by atoms with E-state index in [2.05, 4.69) is 9.97 Å². The number of aromatic amines is 1. The number of amides is 1. The summed E-state index contributed by atoms with van der Waals surface area (Å²) < 4.78 is 4.82. The van der Waals surface area contributed by atoms with Crippen molar-refractivity contribution in [3.05, 3.63) is 41.7 Å². The first-order chi connectivity index (χ1) is 12.2. The Kier molecular flexibility index (Phi) is 3.87. The molecule has 0 aliphatic carbocycles. The third-order valence-electron chi connectivity index (χ3n) is 4.74. The molecule has 2 aromatic heterocycles.